The number of ether oxygens (including phenoxy) is 3. The molecular formula is C18H20BrNO4. The summed E-state index contributed by atoms with van der Waals surface area (Å²) in [6, 6.07) is 10.9. The first-order valence-electron chi connectivity index (χ1n) is 7.40. The highest BCUT2D eigenvalue weighted by Crippen LogP contribution is 2.30. The van der Waals surface area contributed by atoms with Gasteiger partial charge in [0.05, 0.1) is 24.4 Å². The maximum absolute atomic E-state index is 12.4. The van der Waals surface area contributed by atoms with Crippen LogP contribution in [-0.2, 0) is 4.79 Å². The summed E-state index contributed by atoms with van der Waals surface area (Å²) in [5.74, 6) is 1.50. The number of hydrogen-bond acceptors (Lipinski definition) is 4. The summed E-state index contributed by atoms with van der Waals surface area (Å²) >= 11 is 3.44. The van der Waals surface area contributed by atoms with Gasteiger partial charge in [-0.25, -0.2) is 0 Å². The molecule has 2 aromatic carbocycles. The second kappa shape index (κ2) is 8.06. The van der Waals surface area contributed by atoms with E-state index in [0.717, 1.165) is 10.0 Å². The molecule has 0 spiro atoms. The fourth-order valence-corrected chi connectivity index (χ4v) is 2.68. The van der Waals surface area contributed by atoms with Gasteiger partial charge in [0, 0.05) is 6.07 Å². The van der Waals surface area contributed by atoms with Crippen LogP contribution < -0.4 is 19.5 Å². The lowest BCUT2D eigenvalue weighted by Crippen LogP contribution is -2.30. The van der Waals surface area contributed by atoms with Crippen LogP contribution in [0.5, 0.6) is 17.2 Å². The number of methoxy groups -OCH3 is 2. The predicted octanol–water partition coefficient (Wildman–Crippen LogP) is 4.18. The molecule has 0 aliphatic heterocycles. The number of carbonyl (C=O) groups is 1. The summed E-state index contributed by atoms with van der Waals surface area (Å²) in [5.41, 5.74) is 1.63. The molecule has 0 bridgehead atoms. The highest BCUT2D eigenvalue weighted by molar-refractivity contribution is 9.10. The molecule has 5 nitrogen and oxygen atoms in total. The van der Waals surface area contributed by atoms with E-state index in [1.807, 2.05) is 25.1 Å². The molecule has 2 rings (SSSR count). The highest BCUT2D eigenvalue weighted by atomic mass is 79.9. The lowest BCUT2D eigenvalue weighted by molar-refractivity contribution is -0.122. The third kappa shape index (κ3) is 4.41. The molecule has 128 valence electrons. The number of rotatable bonds is 6. The van der Waals surface area contributed by atoms with Crippen LogP contribution in [0.2, 0.25) is 0 Å². The summed E-state index contributed by atoms with van der Waals surface area (Å²) in [4.78, 5) is 12.4. The van der Waals surface area contributed by atoms with Gasteiger partial charge in [-0.3, -0.25) is 4.79 Å². The topological polar surface area (TPSA) is 56.8 Å². The molecule has 1 N–H and O–H groups in total. The monoisotopic (exact) mass is 393 g/mol. The largest absolute Gasteiger partial charge is 0.497 e. The Balaban J connectivity index is 2.11. The van der Waals surface area contributed by atoms with Crippen LogP contribution in [0.3, 0.4) is 0 Å². The molecule has 0 aromatic heterocycles. The molecule has 0 saturated carbocycles. The average Bonchev–Trinajstić information content (AvgIpc) is 2.57. The molecule has 0 aliphatic rings. The Morgan fingerprint density at radius 1 is 1.08 bits per heavy atom. The van der Waals surface area contributed by atoms with Crippen molar-refractivity contribution in [3.8, 4) is 17.2 Å². The Morgan fingerprint density at radius 3 is 2.42 bits per heavy atom. The number of amides is 1. The van der Waals surface area contributed by atoms with E-state index in [9.17, 15) is 4.79 Å². The molecule has 1 atom stereocenters. The zero-order valence-corrected chi connectivity index (χ0v) is 15.6. The van der Waals surface area contributed by atoms with Gasteiger partial charge in [0.1, 0.15) is 17.2 Å². The zero-order valence-electron chi connectivity index (χ0n) is 14.1. The summed E-state index contributed by atoms with van der Waals surface area (Å²) in [6.45, 7) is 3.67. The molecule has 2 aromatic rings. The standard InChI is InChI=1S/C18H20BrNO4/c1-11-5-7-16(14(19)9-11)24-12(2)18(21)20-15-10-13(22-3)6-8-17(15)23-4/h5-10,12H,1-4H3,(H,20,21). The highest BCUT2D eigenvalue weighted by Gasteiger charge is 2.18. The molecular weight excluding hydrogens is 374 g/mol. The third-order valence-corrected chi connectivity index (χ3v) is 4.04. The third-order valence-electron chi connectivity index (χ3n) is 3.42. The van der Waals surface area contributed by atoms with Crippen molar-refractivity contribution in [3.63, 3.8) is 0 Å². The molecule has 1 unspecified atom stereocenters. The molecule has 0 fully saturated rings. The van der Waals surface area contributed by atoms with Gasteiger partial charge in [0.25, 0.3) is 5.91 Å². The minimum Gasteiger partial charge on any atom is -0.497 e. The number of anilines is 1. The molecule has 0 aliphatic carbocycles. The van der Waals surface area contributed by atoms with E-state index in [-0.39, 0.29) is 5.91 Å². The predicted molar refractivity (Wildman–Crippen MR) is 97.1 cm³/mol. The van der Waals surface area contributed by atoms with Crippen molar-refractivity contribution in [2.24, 2.45) is 0 Å². The van der Waals surface area contributed by atoms with Gasteiger partial charge >= 0.3 is 0 Å². The van der Waals surface area contributed by atoms with E-state index in [0.29, 0.717) is 22.9 Å². The summed E-state index contributed by atoms with van der Waals surface area (Å²) in [7, 11) is 3.11. The van der Waals surface area contributed by atoms with Crippen molar-refractivity contribution < 1.29 is 19.0 Å². The summed E-state index contributed by atoms with van der Waals surface area (Å²) in [5, 5.41) is 2.80. The van der Waals surface area contributed by atoms with Gasteiger partial charge in [-0.1, -0.05) is 6.07 Å². The second-order valence-electron chi connectivity index (χ2n) is 5.25. The smallest absolute Gasteiger partial charge is 0.265 e. The maximum atomic E-state index is 12.4. The van der Waals surface area contributed by atoms with Crippen LogP contribution in [0.4, 0.5) is 5.69 Å². The van der Waals surface area contributed by atoms with E-state index in [4.69, 9.17) is 14.2 Å². The molecule has 6 heteroatoms. The quantitative estimate of drug-likeness (QED) is 0.799. The Kier molecular flexibility index (Phi) is 6.09. The van der Waals surface area contributed by atoms with Gasteiger partial charge in [0.2, 0.25) is 0 Å². The fraction of sp³-hybridized carbons (Fsp3) is 0.278. The number of benzene rings is 2. The van der Waals surface area contributed by atoms with E-state index < -0.39 is 6.10 Å². The second-order valence-corrected chi connectivity index (χ2v) is 6.10. The first kappa shape index (κ1) is 18.1. The van der Waals surface area contributed by atoms with Crippen LogP contribution in [0.15, 0.2) is 40.9 Å². The fourth-order valence-electron chi connectivity index (χ4n) is 2.09. The number of nitrogens with one attached hydrogen (secondary N) is 1. The van der Waals surface area contributed by atoms with Crippen molar-refractivity contribution in [1.29, 1.82) is 0 Å². The van der Waals surface area contributed by atoms with Gasteiger partial charge in [-0.15, -0.1) is 0 Å². The average molecular weight is 394 g/mol. The van der Waals surface area contributed by atoms with Crippen molar-refractivity contribution >= 4 is 27.5 Å². The van der Waals surface area contributed by atoms with Crippen molar-refractivity contribution in [3.05, 3.63) is 46.4 Å². The Hall–Kier alpha value is -2.21. The lowest BCUT2D eigenvalue weighted by Gasteiger charge is -2.17. The maximum Gasteiger partial charge on any atom is 0.265 e. The SMILES string of the molecule is COc1ccc(OC)c(NC(=O)C(C)Oc2ccc(C)cc2Br)c1. The van der Waals surface area contributed by atoms with Gasteiger partial charge in [-0.05, 0) is 59.6 Å². The molecule has 0 heterocycles. The van der Waals surface area contributed by atoms with Crippen LogP contribution in [0.1, 0.15) is 12.5 Å². The number of hydrogen-bond donors (Lipinski definition) is 1. The van der Waals surface area contributed by atoms with Crippen molar-refractivity contribution in [2.45, 2.75) is 20.0 Å². The first-order chi connectivity index (χ1) is 11.4. The van der Waals surface area contributed by atoms with Crippen LogP contribution >= 0.6 is 15.9 Å². The molecule has 0 radical (unpaired) electrons. The lowest BCUT2D eigenvalue weighted by atomic mass is 10.2. The minimum atomic E-state index is -0.681. The minimum absolute atomic E-state index is 0.283. The van der Waals surface area contributed by atoms with Gasteiger partial charge in [0.15, 0.2) is 6.10 Å². The Morgan fingerprint density at radius 2 is 1.79 bits per heavy atom. The van der Waals surface area contributed by atoms with Crippen molar-refractivity contribution in [1.82, 2.24) is 0 Å². The Bertz CT molecular complexity index is 733. The Labute approximate surface area is 150 Å². The van der Waals surface area contributed by atoms with Crippen LogP contribution in [-0.4, -0.2) is 26.2 Å². The van der Waals surface area contributed by atoms with Crippen molar-refractivity contribution in [2.75, 3.05) is 19.5 Å². The zero-order chi connectivity index (χ0) is 17.7. The van der Waals surface area contributed by atoms with Gasteiger partial charge in [-0.2, -0.15) is 0 Å². The summed E-state index contributed by atoms with van der Waals surface area (Å²) in [6.07, 6.45) is -0.681. The van der Waals surface area contributed by atoms with Crippen LogP contribution in [0, 0.1) is 6.92 Å². The molecule has 0 saturated heterocycles. The normalized spacial score (nSPS) is 11.5. The first-order valence-corrected chi connectivity index (χ1v) is 8.19. The van der Waals surface area contributed by atoms with E-state index >= 15 is 0 Å². The van der Waals surface area contributed by atoms with Gasteiger partial charge < -0.3 is 19.5 Å². The number of aryl methyl sites for hydroxylation is 1. The molecule has 1 amide bonds. The number of carbonyl (C=O) groups excluding carboxylic acids is 1. The van der Waals surface area contributed by atoms with Crippen LogP contribution in [0.25, 0.3) is 0 Å². The van der Waals surface area contributed by atoms with E-state index in [1.165, 1.54) is 0 Å². The van der Waals surface area contributed by atoms with E-state index in [1.54, 1.807) is 39.3 Å². The van der Waals surface area contributed by atoms with E-state index in [2.05, 4.69) is 21.2 Å². The molecule has 24 heavy (non-hydrogen) atoms. The number of halogens is 1. The summed E-state index contributed by atoms with van der Waals surface area (Å²) < 4.78 is 17.0.